The number of hydrogen-bond donors (Lipinski definition) is 1. The molecule has 6 heteroatoms. The summed E-state index contributed by atoms with van der Waals surface area (Å²) in [6, 6.07) is 16.0. The first-order chi connectivity index (χ1) is 13.5. The maximum Gasteiger partial charge on any atom is 0.254 e. The lowest BCUT2D eigenvalue weighted by Crippen LogP contribution is -2.21. The molecule has 2 unspecified atom stereocenters. The van der Waals surface area contributed by atoms with E-state index in [9.17, 15) is 4.79 Å². The molecule has 2 aromatic carbocycles. The van der Waals surface area contributed by atoms with Gasteiger partial charge in [0.1, 0.15) is 0 Å². The summed E-state index contributed by atoms with van der Waals surface area (Å²) < 4.78 is 12.1. The van der Waals surface area contributed by atoms with Crippen LogP contribution in [0, 0.1) is 0 Å². The molecule has 1 aromatic heterocycles. The van der Waals surface area contributed by atoms with Gasteiger partial charge in [0.25, 0.3) is 5.56 Å². The smallest absolute Gasteiger partial charge is 0.254 e. The monoisotopic (exact) mass is 377 g/mol. The van der Waals surface area contributed by atoms with E-state index in [4.69, 9.17) is 15.2 Å². The molecule has 144 valence electrons. The van der Waals surface area contributed by atoms with Gasteiger partial charge in [-0.25, -0.2) is 4.98 Å². The van der Waals surface area contributed by atoms with Gasteiger partial charge in [-0.05, 0) is 41.2 Å². The highest BCUT2D eigenvalue weighted by molar-refractivity contribution is 5.68. The van der Waals surface area contributed by atoms with Crippen LogP contribution in [0.3, 0.4) is 0 Å². The van der Waals surface area contributed by atoms with E-state index in [1.807, 2.05) is 18.2 Å². The second kappa shape index (κ2) is 7.03. The molecular weight excluding hydrogens is 354 g/mol. The van der Waals surface area contributed by atoms with E-state index in [0.717, 1.165) is 23.2 Å². The molecule has 0 saturated heterocycles. The van der Waals surface area contributed by atoms with Gasteiger partial charge in [0.15, 0.2) is 11.5 Å². The summed E-state index contributed by atoms with van der Waals surface area (Å²) >= 11 is 0. The molecule has 0 aliphatic heterocycles. The third kappa shape index (κ3) is 3.22. The minimum atomic E-state index is -0.118. The molecule has 1 saturated carbocycles. The van der Waals surface area contributed by atoms with Gasteiger partial charge in [0.05, 0.1) is 19.9 Å². The van der Waals surface area contributed by atoms with Crippen LogP contribution in [0.5, 0.6) is 11.5 Å². The second-order valence-electron chi connectivity index (χ2n) is 7.08. The van der Waals surface area contributed by atoms with Crippen molar-refractivity contribution in [3.05, 3.63) is 70.1 Å². The Morgan fingerprint density at radius 1 is 1.00 bits per heavy atom. The molecular formula is C22H23N3O3. The Morgan fingerprint density at radius 3 is 2.46 bits per heavy atom. The number of benzene rings is 2. The number of anilines is 1. The molecule has 0 bridgehead atoms. The van der Waals surface area contributed by atoms with Crippen molar-refractivity contribution in [3.8, 4) is 22.6 Å². The number of hydrogen-bond acceptors (Lipinski definition) is 5. The Balaban J connectivity index is 1.61. The van der Waals surface area contributed by atoms with Crippen LogP contribution in [0.15, 0.2) is 53.3 Å². The Kier molecular flexibility index (Phi) is 4.55. The minimum absolute atomic E-state index is 0.118. The number of aromatic nitrogens is 2. The van der Waals surface area contributed by atoms with Crippen molar-refractivity contribution in [2.75, 3.05) is 20.0 Å². The summed E-state index contributed by atoms with van der Waals surface area (Å²) in [5.74, 6) is 2.25. The summed E-state index contributed by atoms with van der Waals surface area (Å²) in [5, 5.41) is 0. The lowest BCUT2D eigenvalue weighted by atomic mass is 9.99. The number of ether oxygens (including phenoxy) is 2. The molecule has 1 aliphatic rings. The minimum Gasteiger partial charge on any atom is -0.493 e. The normalized spacial score (nSPS) is 18.0. The van der Waals surface area contributed by atoms with Crippen molar-refractivity contribution in [2.45, 2.75) is 18.3 Å². The summed E-state index contributed by atoms with van der Waals surface area (Å²) in [4.78, 5) is 16.4. The highest BCUT2D eigenvalue weighted by Crippen LogP contribution is 2.54. The Bertz CT molecular complexity index is 1090. The fraction of sp³-hybridized carbons (Fsp3) is 0.273. The van der Waals surface area contributed by atoms with E-state index >= 15 is 0 Å². The molecule has 2 N–H and O–H groups in total. The average molecular weight is 377 g/mol. The van der Waals surface area contributed by atoms with Gasteiger partial charge in [-0.1, -0.05) is 30.3 Å². The number of nitrogen functional groups attached to an aromatic ring is 1. The van der Waals surface area contributed by atoms with Crippen LogP contribution < -0.4 is 20.8 Å². The van der Waals surface area contributed by atoms with Crippen LogP contribution in [0.25, 0.3) is 11.1 Å². The molecule has 0 spiro atoms. The zero-order chi connectivity index (χ0) is 19.8. The molecule has 0 radical (unpaired) electrons. The second-order valence-corrected chi connectivity index (χ2v) is 7.08. The zero-order valence-electron chi connectivity index (χ0n) is 16.2. The topological polar surface area (TPSA) is 79.4 Å². The zero-order valence-corrected chi connectivity index (χ0v) is 16.2. The summed E-state index contributed by atoms with van der Waals surface area (Å²) in [5.41, 5.74) is 9.92. The highest BCUT2D eigenvalue weighted by Gasteiger charge is 2.41. The molecule has 3 aromatic rings. The van der Waals surface area contributed by atoms with Crippen molar-refractivity contribution in [3.63, 3.8) is 0 Å². The average Bonchev–Trinajstić information content (AvgIpc) is 3.52. The SMILES string of the molecule is COc1ccc(-c2cccc(C3CC3c3cc(=O)n(C)c(N)n3)c2)cc1OC. The number of methoxy groups -OCH3 is 2. The van der Waals surface area contributed by atoms with Gasteiger partial charge >= 0.3 is 0 Å². The molecule has 1 heterocycles. The first-order valence-corrected chi connectivity index (χ1v) is 9.17. The van der Waals surface area contributed by atoms with E-state index < -0.39 is 0 Å². The summed E-state index contributed by atoms with van der Waals surface area (Å²) in [7, 11) is 4.89. The molecule has 6 nitrogen and oxygen atoms in total. The molecule has 0 amide bonds. The predicted octanol–water partition coefficient (Wildman–Crippen LogP) is 3.32. The van der Waals surface area contributed by atoms with Crippen molar-refractivity contribution in [1.82, 2.24) is 9.55 Å². The van der Waals surface area contributed by atoms with Crippen LogP contribution in [0.2, 0.25) is 0 Å². The highest BCUT2D eigenvalue weighted by atomic mass is 16.5. The third-order valence-corrected chi connectivity index (χ3v) is 5.39. The van der Waals surface area contributed by atoms with Crippen LogP contribution in [-0.4, -0.2) is 23.8 Å². The van der Waals surface area contributed by atoms with Gasteiger partial charge in [0.2, 0.25) is 5.95 Å². The Morgan fingerprint density at radius 2 is 1.75 bits per heavy atom. The van der Waals surface area contributed by atoms with Crippen molar-refractivity contribution >= 4 is 5.95 Å². The van der Waals surface area contributed by atoms with Gasteiger partial charge in [-0.15, -0.1) is 0 Å². The van der Waals surface area contributed by atoms with Gasteiger partial charge in [-0.2, -0.15) is 0 Å². The quantitative estimate of drug-likeness (QED) is 0.738. The molecule has 28 heavy (non-hydrogen) atoms. The van der Waals surface area contributed by atoms with Crippen molar-refractivity contribution in [1.29, 1.82) is 0 Å². The maximum absolute atomic E-state index is 12.0. The number of nitrogens with zero attached hydrogens (tertiary/aromatic N) is 2. The Labute approximate surface area is 163 Å². The molecule has 1 aliphatic carbocycles. The maximum atomic E-state index is 12.0. The molecule has 2 atom stereocenters. The van der Waals surface area contributed by atoms with Crippen LogP contribution in [0.4, 0.5) is 5.95 Å². The first-order valence-electron chi connectivity index (χ1n) is 9.17. The number of rotatable bonds is 5. The fourth-order valence-corrected chi connectivity index (χ4v) is 3.62. The third-order valence-electron chi connectivity index (χ3n) is 5.39. The first kappa shape index (κ1) is 18.1. The van der Waals surface area contributed by atoms with Crippen LogP contribution in [0.1, 0.15) is 29.5 Å². The van der Waals surface area contributed by atoms with Gasteiger partial charge in [0, 0.05) is 19.0 Å². The van der Waals surface area contributed by atoms with E-state index in [1.165, 1.54) is 10.1 Å². The Hall–Kier alpha value is -3.28. The van der Waals surface area contributed by atoms with Gasteiger partial charge in [-0.3, -0.25) is 9.36 Å². The lowest BCUT2D eigenvalue weighted by Gasteiger charge is -2.11. The fourth-order valence-electron chi connectivity index (χ4n) is 3.62. The molecule has 4 rings (SSSR count). The van der Waals surface area contributed by atoms with Gasteiger partial charge < -0.3 is 15.2 Å². The van der Waals surface area contributed by atoms with E-state index in [2.05, 4.69) is 29.2 Å². The standard InChI is InChI=1S/C22H23N3O3/c1-25-21(26)12-18(24-22(25)23)17-11-16(17)15-6-4-5-13(9-15)14-7-8-19(27-2)20(10-14)28-3/h4-10,12,16-17H,11H2,1-3H3,(H2,23,24). The summed E-state index contributed by atoms with van der Waals surface area (Å²) in [6.45, 7) is 0. The molecule has 1 fully saturated rings. The summed E-state index contributed by atoms with van der Waals surface area (Å²) in [6.07, 6.45) is 0.967. The van der Waals surface area contributed by atoms with Crippen LogP contribution >= 0.6 is 0 Å². The van der Waals surface area contributed by atoms with E-state index in [0.29, 0.717) is 17.4 Å². The van der Waals surface area contributed by atoms with Crippen molar-refractivity contribution in [2.24, 2.45) is 7.05 Å². The predicted molar refractivity (Wildman–Crippen MR) is 109 cm³/mol. The van der Waals surface area contributed by atoms with Crippen LogP contribution in [-0.2, 0) is 7.05 Å². The largest absolute Gasteiger partial charge is 0.493 e. The van der Waals surface area contributed by atoms with E-state index in [1.54, 1.807) is 27.3 Å². The number of nitrogens with two attached hydrogens (primary N) is 1. The lowest BCUT2D eigenvalue weighted by molar-refractivity contribution is 0.355. The van der Waals surface area contributed by atoms with E-state index in [-0.39, 0.29) is 17.4 Å². The van der Waals surface area contributed by atoms with Crippen molar-refractivity contribution < 1.29 is 9.47 Å².